The second-order valence-corrected chi connectivity index (χ2v) is 16.8. The number of hydrogen-bond donors (Lipinski definition) is 3. The number of aliphatic hydroxyl groups is 1. The van der Waals surface area contributed by atoms with E-state index in [1.54, 1.807) is 6.08 Å². The van der Waals surface area contributed by atoms with Crippen LogP contribution in [0.4, 0.5) is 0 Å². The molecule has 0 fully saturated rings. The highest BCUT2D eigenvalue weighted by molar-refractivity contribution is 7.47. The van der Waals surface area contributed by atoms with Crippen LogP contribution in [0.25, 0.3) is 0 Å². The van der Waals surface area contributed by atoms with E-state index in [1.165, 1.54) is 83.5 Å². The number of amides is 1. The first kappa shape index (κ1) is 50.5. The first-order chi connectivity index (χ1) is 25.0. The highest BCUT2D eigenvalue weighted by Crippen LogP contribution is 2.43. The number of quaternary nitrogens is 1. The smallest absolute Gasteiger partial charge is 0.387 e. The van der Waals surface area contributed by atoms with Gasteiger partial charge in [-0.1, -0.05) is 159 Å². The standard InChI is InChI=1S/C43H81N2O6P/c1-6-8-10-12-14-16-18-20-21-22-23-25-26-28-30-32-34-36-42(46)41(40-51-52(48,49)50-39-38-45(3,4)5)44-43(47)37-35-33-31-29-27-24-19-17-15-13-11-9-7-2/h9,11,15,17,24,27,34,36,41-42,46H,6-8,10,12-14,16,18-23,25-26,28-33,35,37-40H2,1-5H3,(H-,44,47,48,49)/p+1/b11-9-,17-15-,27-24-,36-34+. The molecule has 0 radical (unpaired) electrons. The summed E-state index contributed by atoms with van der Waals surface area (Å²) in [5.41, 5.74) is 0. The molecule has 0 rings (SSSR count). The summed E-state index contributed by atoms with van der Waals surface area (Å²) >= 11 is 0. The van der Waals surface area contributed by atoms with Crippen molar-refractivity contribution in [2.75, 3.05) is 40.9 Å². The van der Waals surface area contributed by atoms with Gasteiger partial charge in [0.05, 0.1) is 39.9 Å². The van der Waals surface area contributed by atoms with Crippen LogP contribution in [0.2, 0.25) is 0 Å². The Hall–Kier alpha value is -1.54. The number of carbonyl (C=O) groups is 1. The van der Waals surface area contributed by atoms with Crippen LogP contribution in [0.3, 0.4) is 0 Å². The quantitative estimate of drug-likeness (QED) is 0.0252. The molecule has 0 saturated carbocycles. The molecule has 0 aromatic heterocycles. The van der Waals surface area contributed by atoms with Crippen LogP contribution in [0.5, 0.6) is 0 Å². The first-order valence-electron chi connectivity index (χ1n) is 21.0. The molecule has 0 bridgehead atoms. The number of nitrogens with zero attached hydrogens (tertiary/aromatic N) is 1. The Morgan fingerprint density at radius 2 is 1.15 bits per heavy atom. The maximum absolute atomic E-state index is 12.8. The van der Waals surface area contributed by atoms with Gasteiger partial charge in [0, 0.05) is 6.42 Å². The molecule has 0 spiro atoms. The van der Waals surface area contributed by atoms with Crippen molar-refractivity contribution in [3.05, 3.63) is 48.6 Å². The van der Waals surface area contributed by atoms with Gasteiger partial charge in [0.25, 0.3) is 0 Å². The summed E-state index contributed by atoms with van der Waals surface area (Å²) in [6, 6.07) is -0.860. The van der Waals surface area contributed by atoms with Crippen LogP contribution in [0.15, 0.2) is 48.6 Å². The summed E-state index contributed by atoms with van der Waals surface area (Å²) in [4.78, 5) is 23.0. The van der Waals surface area contributed by atoms with Gasteiger partial charge < -0.3 is 19.8 Å². The van der Waals surface area contributed by atoms with Gasteiger partial charge >= 0.3 is 7.82 Å². The number of allylic oxidation sites excluding steroid dienone is 7. The number of phosphoric acid groups is 1. The Morgan fingerprint density at radius 1 is 0.673 bits per heavy atom. The Morgan fingerprint density at radius 3 is 1.69 bits per heavy atom. The molecule has 0 aliphatic carbocycles. The molecule has 3 atom stereocenters. The van der Waals surface area contributed by atoms with E-state index in [2.05, 4.69) is 55.6 Å². The van der Waals surface area contributed by atoms with Crippen molar-refractivity contribution in [1.29, 1.82) is 0 Å². The fourth-order valence-electron chi connectivity index (χ4n) is 5.70. The zero-order chi connectivity index (χ0) is 38.6. The number of nitrogens with one attached hydrogen (secondary N) is 1. The number of likely N-dealkylation sites (N-methyl/N-ethyl adjacent to an activating group) is 1. The number of rotatable bonds is 37. The zero-order valence-corrected chi connectivity index (χ0v) is 35.2. The molecule has 0 aliphatic rings. The fraction of sp³-hybridized carbons (Fsp3) is 0.791. The first-order valence-corrected chi connectivity index (χ1v) is 22.5. The van der Waals surface area contributed by atoms with E-state index < -0.39 is 20.0 Å². The van der Waals surface area contributed by atoms with Crippen LogP contribution in [0.1, 0.15) is 168 Å². The number of phosphoric ester groups is 1. The Labute approximate surface area is 320 Å². The van der Waals surface area contributed by atoms with Gasteiger partial charge in [0.1, 0.15) is 13.2 Å². The summed E-state index contributed by atoms with van der Waals surface area (Å²) in [6.45, 7) is 4.66. The molecule has 304 valence electrons. The largest absolute Gasteiger partial charge is 0.472 e. The minimum atomic E-state index is -4.34. The lowest BCUT2D eigenvalue weighted by Gasteiger charge is -2.25. The van der Waals surface area contributed by atoms with Gasteiger partial charge in [-0.05, 0) is 51.4 Å². The lowest BCUT2D eigenvalue weighted by atomic mass is 10.0. The third-order valence-electron chi connectivity index (χ3n) is 9.05. The van der Waals surface area contributed by atoms with Crippen molar-refractivity contribution in [2.24, 2.45) is 0 Å². The van der Waals surface area contributed by atoms with Crippen LogP contribution in [0, 0.1) is 0 Å². The maximum Gasteiger partial charge on any atom is 0.472 e. The summed E-state index contributed by atoms with van der Waals surface area (Å²) in [5.74, 6) is -0.208. The van der Waals surface area contributed by atoms with Crippen LogP contribution < -0.4 is 5.32 Å². The predicted molar refractivity (Wildman–Crippen MR) is 221 cm³/mol. The maximum atomic E-state index is 12.8. The minimum absolute atomic E-state index is 0.0541. The lowest BCUT2D eigenvalue weighted by Crippen LogP contribution is -2.45. The second-order valence-electron chi connectivity index (χ2n) is 15.3. The van der Waals surface area contributed by atoms with E-state index in [4.69, 9.17) is 9.05 Å². The van der Waals surface area contributed by atoms with Crippen molar-refractivity contribution >= 4 is 13.7 Å². The van der Waals surface area contributed by atoms with E-state index in [1.807, 2.05) is 27.2 Å². The van der Waals surface area contributed by atoms with Gasteiger partial charge in [-0.3, -0.25) is 13.8 Å². The van der Waals surface area contributed by atoms with Gasteiger partial charge in [-0.2, -0.15) is 0 Å². The number of aliphatic hydroxyl groups excluding tert-OH is 1. The third-order valence-corrected chi connectivity index (χ3v) is 10.0. The molecule has 3 N–H and O–H groups in total. The molecule has 0 heterocycles. The molecular formula is C43H82N2O6P+. The molecule has 3 unspecified atom stereocenters. The van der Waals surface area contributed by atoms with E-state index in [0.29, 0.717) is 17.4 Å². The average Bonchev–Trinajstić information content (AvgIpc) is 3.09. The Kier molecular flexibility index (Phi) is 34.1. The van der Waals surface area contributed by atoms with E-state index in [9.17, 15) is 19.4 Å². The number of carbonyl (C=O) groups excluding carboxylic acids is 1. The minimum Gasteiger partial charge on any atom is -0.387 e. The molecule has 1 amide bonds. The lowest BCUT2D eigenvalue weighted by molar-refractivity contribution is -0.870. The topological polar surface area (TPSA) is 105 Å². The summed E-state index contributed by atoms with van der Waals surface area (Å²) in [5, 5.41) is 13.8. The van der Waals surface area contributed by atoms with Crippen molar-refractivity contribution in [3.8, 4) is 0 Å². The van der Waals surface area contributed by atoms with Crippen molar-refractivity contribution in [3.63, 3.8) is 0 Å². The van der Waals surface area contributed by atoms with Crippen molar-refractivity contribution < 1.29 is 32.9 Å². The molecule has 9 heteroatoms. The van der Waals surface area contributed by atoms with Crippen LogP contribution in [-0.2, 0) is 18.4 Å². The van der Waals surface area contributed by atoms with Gasteiger partial charge in [0.15, 0.2) is 0 Å². The van der Waals surface area contributed by atoms with E-state index >= 15 is 0 Å². The van der Waals surface area contributed by atoms with Crippen molar-refractivity contribution in [2.45, 2.75) is 180 Å². The van der Waals surface area contributed by atoms with Crippen molar-refractivity contribution in [1.82, 2.24) is 5.32 Å². The summed E-state index contributed by atoms with van der Waals surface area (Å²) in [7, 11) is 1.54. The second kappa shape index (κ2) is 35.2. The number of hydrogen-bond acceptors (Lipinski definition) is 5. The molecule has 0 saturated heterocycles. The fourth-order valence-corrected chi connectivity index (χ4v) is 6.44. The third kappa shape index (κ3) is 36.8. The van der Waals surface area contributed by atoms with E-state index in [-0.39, 0.29) is 19.1 Å². The molecule has 0 aromatic carbocycles. The SMILES string of the molecule is CC/C=C\C/C=C\C/C=C\CCCCCC(=O)NC(COP(=O)(O)OCC[N+](C)(C)C)C(O)/C=C/CCCCCCCCCCCCCCCCC. The number of unbranched alkanes of at least 4 members (excludes halogenated alkanes) is 18. The predicted octanol–water partition coefficient (Wildman–Crippen LogP) is 11.3. The Bertz CT molecular complexity index is 991. The summed E-state index contributed by atoms with van der Waals surface area (Å²) < 4.78 is 23.5. The Balaban J connectivity index is 4.51. The molecule has 8 nitrogen and oxygen atoms in total. The van der Waals surface area contributed by atoms with Gasteiger partial charge in [-0.15, -0.1) is 0 Å². The average molecular weight is 754 g/mol. The normalized spacial score (nSPS) is 15.0. The van der Waals surface area contributed by atoms with Crippen LogP contribution >= 0.6 is 7.82 Å². The molecule has 0 aliphatic heterocycles. The molecule has 0 aromatic rings. The molecule has 52 heavy (non-hydrogen) atoms. The zero-order valence-electron chi connectivity index (χ0n) is 34.3. The van der Waals surface area contributed by atoms with Gasteiger partial charge in [-0.25, -0.2) is 4.57 Å². The van der Waals surface area contributed by atoms with Crippen LogP contribution in [-0.4, -0.2) is 73.4 Å². The highest BCUT2D eigenvalue weighted by Gasteiger charge is 2.27. The highest BCUT2D eigenvalue weighted by atomic mass is 31.2. The van der Waals surface area contributed by atoms with E-state index in [0.717, 1.165) is 64.2 Å². The summed E-state index contributed by atoms with van der Waals surface area (Å²) in [6.07, 6.45) is 43.2. The van der Waals surface area contributed by atoms with Gasteiger partial charge in [0.2, 0.25) is 5.91 Å². The monoisotopic (exact) mass is 754 g/mol. The molecular weight excluding hydrogens is 671 g/mol.